The van der Waals surface area contributed by atoms with Crippen LogP contribution < -0.4 is 0 Å². The minimum atomic E-state index is -1.01. The Morgan fingerprint density at radius 1 is 1.52 bits per heavy atom. The van der Waals surface area contributed by atoms with Gasteiger partial charge >= 0.3 is 5.97 Å². The highest BCUT2D eigenvalue weighted by molar-refractivity contribution is 7.13. The molecule has 0 radical (unpaired) electrons. The predicted molar refractivity (Wildman–Crippen MR) is 78.3 cm³/mol. The number of carboxylic acids is 1. The summed E-state index contributed by atoms with van der Waals surface area (Å²) >= 11 is 1.48. The molecule has 0 saturated carbocycles. The van der Waals surface area contributed by atoms with E-state index < -0.39 is 5.97 Å². The Morgan fingerprint density at radius 2 is 2.38 bits per heavy atom. The molecule has 0 saturated heterocycles. The molecule has 0 atom stereocenters. The second-order valence-electron chi connectivity index (χ2n) is 4.48. The Labute approximate surface area is 124 Å². The third kappa shape index (κ3) is 2.59. The molecule has 0 spiro atoms. The number of rotatable bonds is 5. The fraction of sp³-hybridized carbons (Fsp3) is 0.214. The van der Waals surface area contributed by atoms with Gasteiger partial charge < -0.3 is 9.52 Å². The van der Waals surface area contributed by atoms with E-state index in [4.69, 9.17) is 9.52 Å². The predicted octanol–water partition coefficient (Wildman–Crippen LogP) is 3.37. The molecule has 108 valence electrons. The number of carboxylic acid groups (broad SMARTS) is 1. The van der Waals surface area contributed by atoms with Crippen LogP contribution in [0.15, 0.2) is 34.4 Å². The van der Waals surface area contributed by atoms with Gasteiger partial charge in [-0.05, 0) is 12.5 Å². The van der Waals surface area contributed by atoms with E-state index in [2.05, 4.69) is 17.0 Å². The van der Waals surface area contributed by atoms with Crippen molar-refractivity contribution >= 4 is 17.3 Å². The maximum Gasteiger partial charge on any atom is 0.338 e. The van der Waals surface area contributed by atoms with Crippen LogP contribution in [0.4, 0.5) is 0 Å². The van der Waals surface area contributed by atoms with Crippen molar-refractivity contribution in [1.82, 2.24) is 14.8 Å². The Bertz CT molecular complexity index is 772. The van der Waals surface area contributed by atoms with Crippen molar-refractivity contribution in [2.24, 2.45) is 0 Å². The zero-order valence-corrected chi connectivity index (χ0v) is 12.1. The fourth-order valence-electron chi connectivity index (χ4n) is 1.99. The van der Waals surface area contributed by atoms with Crippen LogP contribution in [0.5, 0.6) is 0 Å². The lowest BCUT2D eigenvalue weighted by molar-refractivity contribution is 0.0696. The fourth-order valence-corrected chi connectivity index (χ4v) is 2.83. The van der Waals surface area contributed by atoms with Gasteiger partial charge in [-0.2, -0.15) is 5.10 Å². The standard InChI is InChI=1S/C14H13N3O3S/c1-2-5-17-11(3-4-15-17)13-16-10(8-21-13)12-6-9(7-20-12)14(18)19/h3-4,6-8H,2,5H2,1H3,(H,18,19). The molecule has 7 heteroatoms. The van der Waals surface area contributed by atoms with Gasteiger partial charge in [0.2, 0.25) is 0 Å². The van der Waals surface area contributed by atoms with E-state index >= 15 is 0 Å². The highest BCUT2D eigenvalue weighted by Gasteiger charge is 2.15. The number of furan rings is 1. The number of thiazole rings is 1. The Hall–Kier alpha value is -2.41. The lowest BCUT2D eigenvalue weighted by atomic mass is 10.3. The maximum atomic E-state index is 10.9. The summed E-state index contributed by atoms with van der Waals surface area (Å²) in [5, 5.41) is 15.9. The first-order chi connectivity index (χ1) is 10.2. The van der Waals surface area contributed by atoms with Gasteiger partial charge in [0.05, 0.1) is 11.3 Å². The van der Waals surface area contributed by atoms with E-state index in [-0.39, 0.29) is 5.56 Å². The van der Waals surface area contributed by atoms with Crippen LogP contribution in [0.25, 0.3) is 22.2 Å². The molecule has 0 bridgehead atoms. The topological polar surface area (TPSA) is 81.2 Å². The molecule has 0 unspecified atom stereocenters. The average Bonchev–Trinajstić information content (AvgIpc) is 3.18. The number of nitrogens with zero attached hydrogens (tertiary/aromatic N) is 3. The lowest BCUT2D eigenvalue weighted by Gasteiger charge is -2.02. The summed E-state index contributed by atoms with van der Waals surface area (Å²) in [6.07, 6.45) is 3.96. The minimum Gasteiger partial charge on any atom is -0.478 e. The van der Waals surface area contributed by atoms with Crippen LogP contribution >= 0.6 is 11.3 Å². The van der Waals surface area contributed by atoms with Gasteiger partial charge in [0, 0.05) is 24.2 Å². The molecule has 0 aliphatic carbocycles. The summed E-state index contributed by atoms with van der Waals surface area (Å²) in [5.74, 6) is -0.557. The molecule has 0 aromatic carbocycles. The van der Waals surface area contributed by atoms with Crippen molar-refractivity contribution in [3.63, 3.8) is 0 Å². The van der Waals surface area contributed by atoms with E-state index in [1.807, 2.05) is 16.1 Å². The Morgan fingerprint density at radius 3 is 3.10 bits per heavy atom. The minimum absolute atomic E-state index is 0.121. The number of hydrogen-bond acceptors (Lipinski definition) is 5. The summed E-state index contributed by atoms with van der Waals surface area (Å²) < 4.78 is 7.17. The summed E-state index contributed by atoms with van der Waals surface area (Å²) in [6, 6.07) is 3.40. The summed E-state index contributed by atoms with van der Waals surface area (Å²) in [7, 11) is 0. The molecule has 3 heterocycles. The second kappa shape index (κ2) is 5.53. The van der Waals surface area contributed by atoms with Crippen LogP contribution in [-0.4, -0.2) is 25.8 Å². The highest BCUT2D eigenvalue weighted by atomic mass is 32.1. The van der Waals surface area contributed by atoms with Crippen molar-refractivity contribution in [3.05, 3.63) is 35.5 Å². The van der Waals surface area contributed by atoms with Gasteiger partial charge in [0.1, 0.15) is 17.0 Å². The van der Waals surface area contributed by atoms with Crippen LogP contribution in [0.2, 0.25) is 0 Å². The van der Waals surface area contributed by atoms with Crippen molar-refractivity contribution < 1.29 is 14.3 Å². The molecular formula is C14H13N3O3S. The quantitative estimate of drug-likeness (QED) is 0.781. The maximum absolute atomic E-state index is 10.9. The van der Waals surface area contributed by atoms with Gasteiger partial charge in [0.15, 0.2) is 5.76 Å². The van der Waals surface area contributed by atoms with E-state index in [9.17, 15) is 4.79 Å². The van der Waals surface area contributed by atoms with Gasteiger partial charge in [-0.1, -0.05) is 6.92 Å². The number of aromatic carboxylic acids is 1. The molecule has 0 fully saturated rings. The second-order valence-corrected chi connectivity index (χ2v) is 5.34. The monoisotopic (exact) mass is 303 g/mol. The highest BCUT2D eigenvalue weighted by Crippen LogP contribution is 2.29. The first kappa shape index (κ1) is 13.6. The summed E-state index contributed by atoms with van der Waals surface area (Å²) in [6.45, 7) is 2.93. The number of aryl methyl sites for hydroxylation is 1. The third-order valence-electron chi connectivity index (χ3n) is 2.97. The number of carbonyl (C=O) groups is 1. The van der Waals surface area contributed by atoms with E-state index in [0.29, 0.717) is 11.5 Å². The number of hydrogen-bond donors (Lipinski definition) is 1. The molecule has 6 nitrogen and oxygen atoms in total. The zero-order valence-electron chi connectivity index (χ0n) is 11.3. The van der Waals surface area contributed by atoms with E-state index in [0.717, 1.165) is 23.7 Å². The molecule has 1 N–H and O–H groups in total. The van der Waals surface area contributed by atoms with Crippen LogP contribution in [0.3, 0.4) is 0 Å². The SMILES string of the molecule is CCCn1nccc1-c1nc(-c2cc(C(=O)O)co2)cs1. The van der Waals surface area contributed by atoms with Crippen LogP contribution in [0.1, 0.15) is 23.7 Å². The molecule has 3 rings (SSSR count). The molecule has 21 heavy (non-hydrogen) atoms. The largest absolute Gasteiger partial charge is 0.478 e. The normalized spacial score (nSPS) is 10.9. The van der Waals surface area contributed by atoms with Crippen molar-refractivity contribution in [2.45, 2.75) is 19.9 Å². The molecule has 3 aromatic heterocycles. The van der Waals surface area contributed by atoms with Gasteiger partial charge in [-0.25, -0.2) is 9.78 Å². The smallest absolute Gasteiger partial charge is 0.338 e. The lowest BCUT2D eigenvalue weighted by Crippen LogP contribution is -2.00. The summed E-state index contributed by atoms with van der Waals surface area (Å²) in [4.78, 5) is 15.4. The Kier molecular flexibility index (Phi) is 3.57. The van der Waals surface area contributed by atoms with E-state index in [1.54, 1.807) is 6.20 Å². The molecular weight excluding hydrogens is 290 g/mol. The molecule has 0 aliphatic rings. The van der Waals surface area contributed by atoms with Crippen LogP contribution in [0, 0.1) is 0 Å². The average molecular weight is 303 g/mol. The van der Waals surface area contributed by atoms with Gasteiger partial charge in [-0.3, -0.25) is 4.68 Å². The summed E-state index contributed by atoms with van der Waals surface area (Å²) in [5.41, 5.74) is 1.71. The molecule has 0 aliphatic heterocycles. The van der Waals surface area contributed by atoms with Crippen molar-refractivity contribution in [1.29, 1.82) is 0 Å². The Balaban J connectivity index is 1.92. The first-order valence-corrected chi connectivity index (χ1v) is 7.37. The van der Waals surface area contributed by atoms with Crippen molar-refractivity contribution in [3.8, 4) is 22.2 Å². The van der Waals surface area contributed by atoms with Crippen molar-refractivity contribution in [2.75, 3.05) is 0 Å². The number of aromatic nitrogens is 3. The van der Waals surface area contributed by atoms with Gasteiger partial charge in [0.25, 0.3) is 0 Å². The molecule has 3 aromatic rings. The zero-order chi connectivity index (χ0) is 14.8. The van der Waals surface area contributed by atoms with E-state index in [1.165, 1.54) is 23.7 Å². The third-order valence-corrected chi connectivity index (χ3v) is 3.84. The first-order valence-electron chi connectivity index (χ1n) is 6.49. The molecule has 0 amide bonds. The van der Waals surface area contributed by atoms with Crippen LogP contribution in [-0.2, 0) is 6.54 Å². The van der Waals surface area contributed by atoms with Gasteiger partial charge in [-0.15, -0.1) is 11.3 Å².